The maximum absolute atomic E-state index is 13.6. The van der Waals surface area contributed by atoms with Crippen molar-refractivity contribution < 1.29 is 4.79 Å². The molecule has 0 aliphatic carbocycles. The predicted octanol–water partition coefficient (Wildman–Crippen LogP) is 5.97. The second-order valence-electron chi connectivity index (χ2n) is 11.0. The molecule has 3 heterocycles. The quantitative estimate of drug-likeness (QED) is 0.289. The number of rotatable bonds is 5. The Balaban J connectivity index is 1.14. The Kier molecular flexibility index (Phi) is 7.45. The number of hydrogen-bond acceptors (Lipinski definition) is 4. The average molecular weight is 587 g/mol. The van der Waals surface area contributed by atoms with Crippen LogP contribution in [0.1, 0.15) is 29.8 Å². The molecule has 0 radical (unpaired) electrons. The molecule has 202 valence electrons. The summed E-state index contributed by atoms with van der Waals surface area (Å²) >= 11 is 3.63. The van der Waals surface area contributed by atoms with Gasteiger partial charge in [-0.3, -0.25) is 14.3 Å². The zero-order valence-electron chi connectivity index (χ0n) is 22.8. The SMILES string of the molecule is Cc1ccc(N2CCN(C(=O)[C@H]3CCCN(Cc4nc5ccccc5n4-c4cccc(Br)c4)C3)CC2)c(C)c1. The summed E-state index contributed by atoms with van der Waals surface area (Å²) in [6, 6.07) is 23.3. The molecule has 39 heavy (non-hydrogen) atoms. The standard InChI is InChI=1S/C32H36BrN5O/c1-23-12-13-29(24(2)19-23)36-15-17-37(18-16-36)32(39)25-7-6-14-35(21-25)22-31-34-28-10-3-4-11-30(28)38(31)27-9-5-8-26(33)20-27/h3-5,8-13,19-20,25H,6-7,14-18,21-22H2,1-2H3/t25-/m0/s1. The Morgan fingerprint density at radius 2 is 1.77 bits per heavy atom. The molecule has 4 aromatic rings. The van der Waals surface area contributed by atoms with Gasteiger partial charge in [0.25, 0.3) is 0 Å². The Hall–Kier alpha value is -3.16. The van der Waals surface area contributed by atoms with Gasteiger partial charge in [0.2, 0.25) is 5.91 Å². The molecule has 0 N–H and O–H groups in total. The van der Waals surface area contributed by atoms with Gasteiger partial charge in [-0.25, -0.2) is 4.98 Å². The molecule has 6 rings (SSSR count). The number of amides is 1. The minimum atomic E-state index is 0.0510. The first kappa shape index (κ1) is 26.1. The number of aromatic nitrogens is 2. The smallest absolute Gasteiger partial charge is 0.227 e. The largest absolute Gasteiger partial charge is 0.368 e. The van der Waals surface area contributed by atoms with Crippen molar-refractivity contribution in [2.45, 2.75) is 33.2 Å². The van der Waals surface area contributed by atoms with Crippen LogP contribution in [0.25, 0.3) is 16.7 Å². The van der Waals surface area contributed by atoms with Crippen molar-refractivity contribution in [3.63, 3.8) is 0 Å². The van der Waals surface area contributed by atoms with Crippen LogP contribution in [0.15, 0.2) is 71.2 Å². The van der Waals surface area contributed by atoms with Gasteiger partial charge in [-0.2, -0.15) is 0 Å². The summed E-state index contributed by atoms with van der Waals surface area (Å²) in [5.41, 5.74) is 7.10. The number of aryl methyl sites for hydroxylation is 2. The van der Waals surface area contributed by atoms with Gasteiger partial charge in [0.1, 0.15) is 5.82 Å². The molecule has 2 aliphatic rings. The van der Waals surface area contributed by atoms with Gasteiger partial charge in [-0.05, 0) is 75.2 Å². The van der Waals surface area contributed by atoms with Crippen molar-refractivity contribution in [3.05, 3.63) is 88.2 Å². The molecular weight excluding hydrogens is 550 g/mol. The fourth-order valence-corrected chi connectivity index (χ4v) is 6.66. The van der Waals surface area contributed by atoms with Crippen molar-refractivity contribution in [1.29, 1.82) is 0 Å². The number of para-hydroxylation sites is 2. The number of benzene rings is 3. The zero-order chi connectivity index (χ0) is 26.9. The van der Waals surface area contributed by atoms with E-state index in [0.29, 0.717) is 5.91 Å². The van der Waals surface area contributed by atoms with Crippen molar-refractivity contribution in [3.8, 4) is 5.69 Å². The van der Waals surface area contributed by atoms with Crippen LogP contribution in [-0.2, 0) is 11.3 Å². The number of carbonyl (C=O) groups is 1. The second kappa shape index (κ2) is 11.1. The molecular formula is C32H36BrN5O. The number of likely N-dealkylation sites (tertiary alicyclic amines) is 1. The normalized spacial score (nSPS) is 18.6. The lowest BCUT2D eigenvalue weighted by molar-refractivity contribution is -0.137. The number of anilines is 1. The van der Waals surface area contributed by atoms with Gasteiger partial charge in [0, 0.05) is 48.6 Å². The number of piperazine rings is 1. The number of halogens is 1. The topological polar surface area (TPSA) is 44.6 Å². The van der Waals surface area contributed by atoms with Gasteiger partial charge in [-0.15, -0.1) is 0 Å². The van der Waals surface area contributed by atoms with Gasteiger partial charge < -0.3 is 9.80 Å². The zero-order valence-corrected chi connectivity index (χ0v) is 24.4. The summed E-state index contributed by atoms with van der Waals surface area (Å²) < 4.78 is 3.31. The molecule has 1 aromatic heterocycles. The van der Waals surface area contributed by atoms with E-state index in [4.69, 9.17) is 4.98 Å². The van der Waals surface area contributed by atoms with Crippen LogP contribution < -0.4 is 4.90 Å². The molecule has 1 atom stereocenters. The number of hydrogen-bond donors (Lipinski definition) is 0. The van der Waals surface area contributed by atoms with E-state index in [1.54, 1.807) is 0 Å². The third kappa shape index (κ3) is 5.48. The predicted molar refractivity (Wildman–Crippen MR) is 161 cm³/mol. The Morgan fingerprint density at radius 3 is 2.56 bits per heavy atom. The van der Waals surface area contributed by atoms with Crippen LogP contribution in [0.4, 0.5) is 5.69 Å². The minimum absolute atomic E-state index is 0.0510. The highest BCUT2D eigenvalue weighted by atomic mass is 79.9. The molecule has 2 fully saturated rings. The first-order chi connectivity index (χ1) is 19.0. The summed E-state index contributed by atoms with van der Waals surface area (Å²) in [6.45, 7) is 10.2. The molecule has 3 aromatic carbocycles. The molecule has 0 spiro atoms. The van der Waals surface area contributed by atoms with Crippen molar-refractivity contribution in [1.82, 2.24) is 19.4 Å². The fourth-order valence-electron chi connectivity index (χ4n) is 6.27. The molecule has 6 nitrogen and oxygen atoms in total. The number of imidazole rings is 1. The van der Waals surface area contributed by atoms with Gasteiger partial charge in [0.05, 0.1) is 23.5 Å². The lowest BCUT2D eigenvalue weighted by atomic mass is 9.96. The lowest BCUT2D eigenvalue weighted by Crippen LogP contribution is -2.52. The number of fused-ring (bicyclic) bond motifs is 1. The molecule has 0 unspecified atom stereocenters. The molecule has 7 heteroatoms. The lowest BCUT2D eigenvalue weighted by Gasteiger charge is -2.40. The molecule has 2 saturated heterocycles. The van der Waals surface area contributed by atoms with E-state index in [1.807, 2.05) is 12.1 Å². The Bertz CT molecular complexity index is 1490. The first-order valence-corrected chi connectivity index (χ1v) is 14.8. The third-order valence-corrected chi connectivity index (χ3v) is 8.69. The number of carbonyl (C=O) groups excluding carboxylic acids is 1. The van der Waals surface area contributed by atoms with E-state index in [0.717, 1.165) is 85.7 Å². The van der Waals surface area contributed by atoms with Crippen LogP contribution in [0.5, 0.6) is 0 Å². The first-order valence-electron chi connectivity index (χ1n) is 14.0. The van der Waals surface area contributed by atoms with E-state index in [-0.39, 0.29) is 5.92 Å². The van der Waals surface area contributed by atoms with Crippen LogP contribution in [0, 0.1) is 19.8 Å². The molecule has 0 saturated carbocycles. The monoisotopic (exact) mass is 585 g/mol. The van der Waals surface area contributed by atoms with Crippen LogP contribution in [-0.4, -0.2) is 64.5 Å². The summed E-state index contributed by atoms with van der Waals surface area (Å²) in [5.74, 6) is 1.39. The second-order valence-corrected chi connectivity index (χ2v) is 11.9. The van der Waals surface area contributed by atoms with Crippen molar-refractivity contribution >= 4 is 38.6 Å². The van der Waals surface area contributed by atoms with E-state index in [1.165, 1.54) is 16.8 Å². The summed E-state index contributed by atoms with van der Waals surface area (Å²) in [6.07, 6.45) is 2.00. The van der Waals surface area contributed by atoms with Crippen molar-refractivity contribution in [2.24, 2.45) is 5.92 Å². The van der Waals surface area contributed by atoms with Crippen LogP contribution in [0.2, 0.25) is 0 Å². The highest BCUT2D eigenvalue weighted by Crippen LogP contribution is 2.28. The highest BCUT2D eigenvalue weighted by molar-refractivity contribution is 9.10. The maximum Gasteiger partial charge on any atom is 0.227 e. The number of nitrogens with zero attached hydrogens (tertiary/aromatic N) is 5. The van der Waals surface area contributed by atoms with Gasteiger partial charge >= 0.3 is 0 Å². The highest BCUT2D eigenvalue weighted by Gasteiger charge is 2.32. The van der Waals surface area contributed by atoms with E-state index in [2.05, 4.69) is 104 Å². The van der Waals surface area contributed by atoms with Gasteiger partial charge in [0.15, 0.2) is 0 Å². The average Bonchev–Trinajstić information content (AvgIpc) is 3.31. The molecule has 1 amide bonds. The maximum atomic E-state index is 13.6. The van der Waals surface area contributed by atoms with E-state index in [9.17, 15) is 4.79 Å². The third-order valence-electron chi connectivity index (χ3n) is 8.20. The van der Waals surface area contributed by atoms with Gasteiger partial charge in [-0.1, -0.05) is 51.8 Å². The van der Waals surface area contributed by atoms with E-state index < -0.39 is 0 Å². The summed E-state index contributed by atoms with van der Waals surface area (Å²) in [4.78, 5) is 25.6. The van der Waals surface area contributed by atoms with Crippen LogP contribution in [0.3, 0.4) is 0 Å². The minimum Gasteiger partial charge on any atom is -0.368 e. The van der Waals surface area contributed by atoms with Crippen molar-refractivity contribution in [2.75, 3.05) is 44.2 Å². The summed E-state index contributed by atoms with van der Waals surface area (Å²) in [5, 5.41) is 0. The molecule has 0 bridgehead atoms. The fraction of sp³-hybridized carbons (Fsp3) is 0.375. The Labute approximate surface area is 239 Å². The Morgan fingerprint density at radius 1 is 0.949 bits per heavy atom. The summed E-state index contributed by atoms with van der Waals surface area (Å²) in [7, 11) is 0. The molecule has 2 aliphatic heterocycles. The van der Waals surface area contributed by atoms with Crippen LogP contribution >= 0.6 is 15.9 Å². The van der Waals surface area contributed by atoms with E-state index >= 15 is 0 Å². The number of piperidine rings is 1.